The Morgan fingerprint density at radius 2 is 2.45 bits per heavy atom. The van der Waals surface area contributed by atoms with Crippen molar-refractivity contribution in [2.75, 3.05) is 0 Å². The molecule has 0 saturated carbocycles. The van der Waals surface area contributed by atoms with Gasteiger partial charge in [0.15, 0.2) is 0 Å². The summed E-state index contributed by atoms with van der Waals surface area (Å²) >= 11 is 0. The standard InChI is InChI=1S/C7H9NO3/c9-7(10)5-1-3-6(8-11)4-2-5/h1,3,5,11H,2,4H2,(H,9,10). The summed E-state index contributed by atoms with van der Waals surface area (Å²) in [5.74, 6) is -1.24. The molecular weight excluding hydrogens is 146 g/mol. The van der Waals surface area contributed by atoms with Gasteiger partial charge in [0.2, 0.25) is 0 Å². The predicted octanol–water partition coefficient (Wildman–Crippen LogP) is 0.867. The van der Waals surface area contributed by atoms with E-state index in [1.54, 1.807) is 12.2 Å². The van der Waals surface area contributed by atoms with Crippen molar-refractivity contribution in [2.24, 2.45) is 11.1 Å². The molecule has 11 heavy (non-hydrogen) atoms. The summed E-state index contributed by atoms with van der Waals surface area (Å²) in [6, 6.07) is 0. The van der Waals surface area contributed by atoms with Crippen LogP contribution in [0.3, 0.4) is 0 Å². The molecule has 0 radical (unpaired) electrons. The number of rotatable bonds is 1. The SMILES string of the molecule is O=C(O)C1C=CC(=NO)CC1. The van der Waals surface area contributed by atoms with Crippen molar-refractivity contribution in [3.8, 4) is 0 Å². The van der Waals surface area contributed by atoms with Gasteiger partial charge in [-0.1, -0.05) is 11.2 Å². The quantitative estimate of drug-likeness (QED) is 0.436. The van der Waals surface area contributed by atoms with Crippen LogP contribution < -0.4 is 0 Å². The molecule has 0 spiro atoms. The van der Waals surface area contributed by atoms with Gasteiger partial charge in [-0.2, -0.15) is 0 Å². The first kappa shape index (κ1) is 7.78. The van der Waals surface area contributed by atoms with Gasteiger partial charge in [0.25, 0.3) is 0 Å². The Morgan fingerprint density at radius 3 is 2.82 bits per heavy atom. The number of carbonyl (C=O) groups is 1. The van der Waals surface area contributed by atoms with Crippen LogP contribution in [-0.4, -0.2) is 22.0 Å². The number of carboxylic acids is 1. The maximum atomic E-state index is 10.4. The Hall–Kier alpha value is -1.32. The van der Waals surface area contributed by atoms with Crippen LogP contribution in [0.1, 0.15) is 12.8 Å². The lowest BCUT2D eigenvalue weighted by Crippen LogP contribution is -2.16. The Kier molecular flexibility index (Phi) is 2.25. The van der Waals surface area contributed by atoms with Crippen LogP contribution in [0.25, 0.3) is 0 Å². The predicted molar refractivity (Wildman–Crippen MR) is 38.7 cm³/mol. The van der Waals surface area contributed by atoms with Crippen molar-refractivity contribution in [1.82, 2.24) is 0 Å². The molecule has 0 aromatic carbocycles. The highest BCUT2D eigenvalue weighted by Crippen LogP contribution is 2.15. The first-order chi connectivity index (χ1) is 5.24. The molecule has 4 heteroatoms. The van der Waals surface area contributed by atoms with E-state index in [1.807, 2.05) is 0 Å². The first-order valence-electron chi connectivity index (χ1n) is 3.36. The molecule has 0 fully saturated rings. The largest absolute Gasteiger partial charge is 0.481 e. The summed E-state index contributed by atoms with van der Waals surface area (Å²) in [6.45, 7) is 0. The topological polar surface area (TPSA) is 69.9 Å². The third-order valence-electron chi connectivity index (χ3n) is 1.68. The molecule has 1 aliphatic carbocycles. The van der Waals surface area contributed by atoms with Crippen molar-refractivity contribution in [3.63, 3.8) is 0 Å². The van der Waals surface area contributed by atoms with E-state index >= 15 is 0 Å². The molecule has 0 amide bonds. The molecule has 60 valence electrons. The van der Waals surface area contributed by atoms with Crippen LogP contribution in [0, 0.1) is 5.92 Å². The van der Waals surface area contributed by atoms with Crippen molar-refractivity contribution >= 4 is 11.7 Å². The van der Waals surface area contributed by atoms with Crippen LogP contribution >= 0.6 is 0 Å². The second kappa shape index (κ2) is 3.18. The van der Waals surface area contributed by atoms with Gasteiger partial charge in [0, 0.05) is 0 Å². The Bertz CT molecular complexity index is 220. The zero-order valence-electron chi connectivity index (χ0n) is 5.90. The summed E-state index contributed by atoms with van der Waals surface area (Å²) < 4.78 is 0. The summed E-state index contributed by atoms with van der Waals surface area (Å²) in [5.41, 5.74) is 0.544. The van der Waals surface area contributed by atoms with Gasteiger partial charge >= 0.3 is 5.97 Å². The van der Waals surface area contributed by atoms with Crippen molar-refractivity contribution in [1.29, 1.82) is 0 Å². The first-order valence-corrected chi connectivity index (χ1v) is 3.36. The average Bonchev–Trinajstić information content (AvgIpc) is 2.05. The van der Waals surface area contributed by atoms with Gasteiger partial charge in [-0.25, -0.2) is 0 Å². The lowest BCUT2D eigenvalue weighted by Gasteiger charge is -2.11. The lowest BCUT2D eigenvalue weighted by molar-refractivity contribution is -0.140. The van der Waals surface area contributed by atoms with Gasteiger partial charge in [-0.05, 0) is 18.9 Å². The Labute approximate surface area is 63.8 Å². The van der Waals surface area contributed by atoms with E-state index in [2.05, 4.69) is 5.16 Å². The van der Waals surface area contributed by atoms with Crippen LogP contribution in [0.2, 0.25) is 0 Å². The highest BCUT2D eigenvalue weighted by molar-refractivity contribution is 5.96. The van der Waals surface area contributed by atoms with Crippen molar-refractivity contribution < 1.29 is 15.1 Å². The lowest BCUT2D eigenvalue weighted by atomic mass is 9.95. The second-order valence-electron chi connectivity index (χ2n) is 2.43. The molecule has 0 aliphatic heterocycles. The molecule has 0 bridgehead atoms. The van der Waals surface area contributed by atoms with Gasteiger partial charge < -0.3 is 10.3 Å². The summed E-state index contributed by atoms with van der Waals surface area (Å²) in [6.07, 6.45) is 4.14. The molecule has 0 heterocycles. The van der Waals surface area contributed by atoms with E-state index in [1.165, 1.54) is 0 Å². The molecule has 4 nitrogen and oxygen atoms in total. The van der Waals surface area contributed by atoms with Crippen LogP contribution in [0.5, 0.6) is 0 Å². The van der Waals surface area contributed by atoms with Gasteiger partial charge in [0.05, 0.1) is 11.6 Å². The number of oxime groups is 1. The van der Waals surface area contributed by atoms with E-state index in [-0.39, 0.29) is 0 Å². The zero-order valence-corrected chi connectivity index (χ0v) is 5.90. The third-order valence-corrected chi connectivity index (χ3v) is 1.68. The minimum atomic E-state index is -0.821. The van der Waals surface area contributed by atoms with Crippen LogP contribution in [0.15, 0.2) is 17.3 Å². The maximum Gasteiger partial charge on any atom is 0.310 e. The van der Waals surface area contributed by atoms with Gasteiger partial charge in [0.1, 0.15) is 0 Å². The Balaban J connectivity index is 2.63. The monoisotopic (exact) mass is 155 g/mol. The number of nitrogens with zero attached hydrogens (tertiary/aromatic N) is 1. The number of carboxylic acid groups (broad SMARTS) is 1. The second-order valence-corrected chi connectivity index (χ2v) is 2.43. The van der Waals surface area contributed by atoms with E-state index in [0.29, 0.717) is 18.6 Å². The van der Waals surface area contributed by atoms with E-state index in [0.717, 1.165) is 0 Å². The number of hydrogen-bond acceptors (Lipinski definition) is 3. The van der Waals surface area contributed by atoms with Crippen LogP contribution in [0.4, 0.5) is 0 Å². The zero-order chi connectivity index (χ0) is 8.27. The molecule has 0 aromatic heterocycles. The average molecular weight is 155 g/mol. The summed E-state index contributed by atoms with van der Waals surface area (Å²) in [4.78, 5) is 10.4. The summed E-state index contributed by atoms with van der Waals surface area (Å²) in [7, 11) is 0. The van der Waals surface area contributed by atoms with Gasteiger partial charge in [-0.15, -0.1) is 0 Å². The molecule has 2 N–H and O–H groups in total. The molecule has 1 rings (SSSR count). The minimum Gasteiger partial charge on any atom is -0.481 e. The summed E-state index contributed by atoms with van der Waals surface area (Å²) in [5, 5.41) is 19.8. The molecule has 1 aliphatic rings. The number of allylic oxidation sites excluding steroid dienone is 1. The van der Waals surface area contributed by atoms with Crippen molar-refractivity contribution in [3.05, 3.63) is 12.2 Å². The smallest absolute Gasteiger partial charge is 0.310 e. The fourth-order valence-corrected chi connectivity index (χ4v) is 0.999. The fourth-order valence-electron chi connectivity index (χ4n) is 0.999. The highest BCUT2D eigenvalue weighted by Gasteiger charge is 2.18. The molecule has 0 aromatic rings. The maximum absolute atomic E-state index is 10.4. The molecule has 1 unspecified atom stereocenters. The number of aliphatic carboxylic acids is 1. The van der Waals surface area contributed by atoms with Crippen molar-refractivity contribution in [2.45, 2.75) is 12.8 Å². The van der Waals surface area contributed by atoms with E-state index in [9.17, 15) is 4.79 Å². The fraction of sp³-hybridized carbons (Fsp3) is 0.429. The van der Waals surface area contributed by atoms with E-state index in [4.69, 9.17) is 10.3 Å². The van der Waals surface area contributed by atoms with Gasteiger partial charge in [-0.3, -0.25) is 4.79 Å². The molecule has 0 saturated heterocycles. The normalized spacial score (nSPS) is 27.3. The Morgan fingerprint density at radius 1 is 1.73 bits per heavy atom. The molecule has 1 atom stereocenters. The third kappa shape index (κ3) is 1.80. The molecular formula is C7H9NO3. The van der Waals surface area contributed by atoms with Crippen LogP contribution in [-0.2, 0) is 4.79 Å². The highest BCUT2D eigenvalue weighted by atomic mass is 16.4. The number of hydrogen-bond donors (Lipinski definition) is 2. The van der Waals surface area contributed by atoms with E-state index < -0.39 is 11.9 Å². The minimum absolute atomic E-state index is 0.416.